The van der Waals surface area contributed by atoms with Crippen LogP contribution in [0, 0.1) is 29.5 Å². The van der Waals surface area contributed by atoms with Crippen molar-refractivity contribution >= 4 is 21.7 Å². The van der Waals surface area contributed by atoms with Crippen molar-refractivity contribution in [2.75, 3.05) is 13.1 Å². The molecule has 0 aromatic heterocycles. The van der Waals surface area contributed by atoms with E-state index >= 15 is 0 Å². The van der Waals surface area contributed by atoms with Crippen molar-refractivity contribution in [3.63, 3.8) is 0 Å². The summed E-state index contributed by atoms with van der Waals surface area (Å²) in [6.07, 6.45) is -12.5. The van der Waals surface area contributed by atoms with Crippen molar-refractivity contribution in [2.45, 2.75) is 46.9 Å². The number of likely N-dealkylation sites (tertiary alicyclic amines) is 1. The Morgan fingerprint density at radius 1 is 0.857 bits per heavy atom. The molecule has 0 radical (unpaired) electrons. The van der Waals surface area contributed by atoms with Crippen LogP contribution in [0.25, 0.3) is 0 Å². The lowest BCUT2D eigenvalue weighted by Gasteiger charge is -2.33. The molecular formula is C27H23F8NO5S. The number of rotatable bonds is 6. The lowest BCUT2D eigenvalue weighted by Crippen LogP contribution is -2.50. The standard InChI is InChI=1S/C27H23F8NO5S/c28-17-5-7-18(8-6-17)42(40,41)24(15-1-3-16(4-2-15)25(29,26(30,31)32)27(33,34)35)9-10-36(13-24)22(37)14-11-19-20(12-14)21(19)23(38)39/h1-8,14,19-21H,9-13H2,(H,38,39)/t14-,19-,20+,21-,24-/m0/s1. The van der Waals surface area contributed by atoms with Crippen molar-refractivity contribution in [1.82, 2.24) is 4.90 Å². The lowest BCUT2D eigenvalue weighted by molar-refractivity contribution is -0.348. The third-order valence-corrected chi connectivity index (χ3v) is 11.3. The first-order valence-electron chi connectivity index (χ1n) is 12.8. The number of carbonyl (C=O) groups is 2. The molecule has 2 aromatic rings. The minimum absolute atomic E-state index is 0.145. The number of sulfone groups is 1. The SMILES string of the molecule is O=C(O)[C@@H]1[C@@H]2C[C@@H](C(=O)N3CC[C@](c4ccc(C(F)(C(F)(F)F)C(F)(F)F)cc4)(S(=O)(=O)c4ccc(F)cc4)C3)C[C@@H]21. The highest BCUT2D eigenvalue weighted by Gasteiger charge is 2.73. The topological polar surface area (TPSA) is 91.8 Å². The molecule has 6 nitrogen and oxygen atoms in total. The first kappa shape index (κ1) is 30.2. The molecule has 5 rings (SSSR count). The van der Waals surface area contributed by atoms with Crippen LogP contribution in [-0.2, 0) is 29.8 Å². The lowest BCUT2D eigenvalue weighted by atomic mass is 9.90. The largest absolute Gasteiger partial charge is 0.481 e. The highest BCUT2D eigenvalue weighted by Crippen LogP contribution is 2.60. The van der Waals surface area contributed by atoms with Gasteiger partial charge < -0.3 is 10.0 Å². The Morgan fingerprint density at radius 3 is 1.86 bits per heavy atom. The van der Waals surface area contributed by atoms with Gasteiger partial charge in [0.2, 0.25) is 5.91 Å². The van der Waals surface area contributed by atoms with Gasteiger partial charge in [0.15, 0.2) is 9.84 Å². The molecule has 1 aliphatic heterocycles. The van der Waals surface area contributed by atoms with Gasteiger partial charge in [-0.3, -0.25) is 9.59 Å². The zero-order chi connectivity index (χ0) is 31.0. The van der Waals surface area contributed by atoms with Gasteiger partial charge in [-0.1, -0.05) is 24.3 Å². The van der Waals surface area contributed by atoms with Gasteiger partial charge in [0.05, 0.1) is 10.8 Å². The average molecular weight is 626 g/mol. The van der Waals surface area contributed by atoms with E-state index in [0.29, 0.717) is 12.1 Å². The summed E-state index contributed by atoms with van der Waals surface area (Å²) in [5.41, 5.74) is -7.81. The van der Waals surface area contributed by atoms with Crippen molar-refractivity contribution in [2.24, 2.45) is 23.7 Å². The number of benzene rings is 2. The molecule has 1 N–H and O–H groups in total. The van der Waals surface area contributed by atoms with Crippen molar-refractivity contribution in [1.29, 1.82) is 0 Å². The molecule has 2 aromatic carbocycles. The highest BCUT2D eigenvalue weighted by atomic mass is 32.2. The number of carboxylic acids is 1. The fourth-order valence-electron chi connectivity index (χ4n) is 6.58. The average Bonchev–Trinajstić information content (AvgIpc) is 3.22. The Labute approximate surface area is 234 Å². The maximum absolute atomic E-state index is 14.6. The second kappa shape index (κ2) is 9.64. The van der Waals surface area contributed by atoms with Crippen LogP contribution in [0.3, 0.4) is 0 Å². The summed E-state index contributed by atoms with van der Waals surface area (Å²) in [5.74, 6) is -3.65. The molecule has 15 heteroatoms. The smallest absolute Gasteiger partial charge is 0.435 e. The minimum atomic E-state index is -6.37. The van der Waals surface area contributed by atoms with Crippen LogP contribution in [0.15, 0.2) is 53.4 Å². The third-order valence-electron chi connectivity index (χ3n) is 8.85. The summed E-state index contributed by atoms with van der Waals surface area (Å²) in [7, 11) is -4.56. The predicted octanol–water partition coefficient (Wildman–Crippen LogP) is 5.37. The van der Waals surface area contributed by atoms with Crippen molar-refractivity contribution in [3.05, 3.63) is 65.5 Å². The second-order valence-electron chi connectivity index (χ2n) is 11.1. The van der Waals surface area contributed by atoms with Gasteiger partial charge >= 0.3 is 24.0 Å². The zero-order valence-electron chi connectivity index (χ0n) is 21.4. The summed E-state index contributed by atoms with van der Waals surface area (Å²) in [4.78, 5) is 25.5. The number of alkyl halides is 7. The molecule has 2 saturated carbocycles. The summed E-state index contributed by atoms with van der Waals surface area (Å²) in [6, 6.07) is 5.38. The van der Waals surface area contributed by atoms with Gasteiger partial charge in [-0.25, -0.2) is 17.2 Å². The molecule has 2 aliphatic carbocycles. The second-order valence-corrected chi connectivity index (χ2v) is 13.3. The van der Waals surface area contributed by atoms with Crippen molar-refractivity contribution < 1.29 is 58.2 Å². The van der Waals surface area contributed by atoms with Crippen LogP contribution in [0.2, 0.25) is 0 Å². The highest BCUT2D eigenvalue weighted by molar-refractivity contribution is 7.92. The predicted molar refractivity (Wildman–Crippen MR) is 129 cm³/mol. The first-order chi connectivity index (χ1) is 19.3. The number of fused-ring (bicyclic) bond motifs is 1. The Hall–Kier alpha value is -3.23. The van der Waals surface area contributed by atoms with E-state index in [9.17, 15) is 58.2 Å². The number of amides is 1. The summed E-state index contributed by atoms with van der Waals surface area (Å²) < 4.78 is 134. The third kappa shape index (κ3) is 4.45. The zero-order valence-corrected chi connectivity index (χ0v) is 22.2. The summed E-state index contributed by atoms with van der Waals surface area (Å²) in [6.45, 7) is -0.675. The summed E-state index contributed by atoms with van der Waals surface area (Å²) in [5, 5.41) is 9.23. The molecule has 3 aliphatic rings. The minimum Gasteiger partial charge on any atom is -0.481 e. The van der Waals surface area contributed by atoms with Gasteiger partial charge in [0.25, 0.3) is 0 Å². The Kier molecular flexibility index (Phi) is 6.94. The molecule has 228 valence electrons. The van der Waals surface area contributed by atoms with Gasteiger partial charge in [-0.2, -0.15) is 26.3 Å². The Bertz CT molecular complexity index is 1480. The number of nitrogens with zero attached hydrogens (tertiary/aromatic N) is 1. The van der Waals surface area contributed by atoms with Crippen LogP contribution in [0.5, 0.6) is 0 Å². The summed E-state index contributed by atoms with van der Waals surface area (Å²) >= 11 is 0. The van der Waals surface area contributed by atoms with Crippen LogP contribution < -0.4 is 0 Å². The first-order valence-corrected chi connectivity index (χ1v) is 14.3. The molecule has 0 unspecified atom stereocenters. The van der Waals surface area contributed by atoms with E-state index in [-0.39, 0.29) is 55.3 Å². The number of carbonyl (C=O) groups excluding carboxylic acids is 1. The van der Waals surface area contributed by atoms with Gasteiger partial charge in [-0.05, 0) is 60.9 Å². The molecule has 1 heterocycles. The number of aliphatic carboxylic acids is 1. The fraction of sp³-hybridized carbons (Fsp3) is 0.481. The Morgan fingerprint density at radius 2 is 1.38 bits per heavy atom. The van der Waals surface area contributed by atoms with Crippen LogP contribution in [0.4, 0.5) is 35.1 Å². The van der Waals surface area contributed by atoms with E-state index < -0.39 is 79.1 Å². The number of hydrogen-bond donors (Lipinski definition) is 1. The molecule has 0 bridgehead atoms. The Balaban J connectivity index is 1.51. The maximum Gasteiger partial charge on any atom is 0.435 e. The van der Waals surface area contributed by atoms with E-state index in [1.165, 1.54) is 4.90 Å². The normalized spacial score (nSPS) is 28.0. The molecule has 5 atom stereocenters. The number of carboxylic acid groups (broad SMARTS) is 1. The van der Waals surface area contributed by atoms with E-state index in [1.54, 1.807) is 0 Å². The quantitative estimate of drug-likeness (QED) is 0.344. The van der Waals surface area contributed by atoms with Crippen LogP contribution in [0.1, 0.15) is 30.4 Å². The van der Waals surface area contributed by atoms with Gasteiger partial charge in [0.1, 0.15) is 10.6 Å². The molecule has 1 saturated heterocycles. The fourth-order valence-corrected chi connectivity index (χ4v) is 8.66. The van der Waals surface area contributed by atoms with E-state index in [1.807, 2.05) is 0 Å². The molecular weight excluding hydrogens is 602 g/mol. The maximum atomic E-state index is 14.6. The molecule has 3 fully saturated rings. The molecule has 0 spiro atoms. The monoisotopic (exact) mass is 625 g/mol. The van der Waals surface area contributed by atoms with E-state index in [2.05, 4.69) is 0 Å². The van der Waals surface area contributed by atoms with Gasteiger partial charge in [-0.15, -0.1) is 0 Å². The van der Waals surface area contributed by atoms with Crippen molar-refractivity contribution in [3.8, 4) is 0 Å². The van der Waals surface area contributed by atoms with E-state index in [0.717, 1.165) is 24.3 Å². The molecule has 1 amide bonds. The van der Waals surface area contributed by atoms with E-state index in [4.69, 9.17) is 0 Å². The number of hydrogen-bond acceptors (Lipinski definition) is 4. The molecule has 42 heavy (non-hydrogen) atoms. The van der Waals surface area contributed by atoms with Gasteiger partial charge in [0, 0.05) is 24.6 Å². The number of halogens is 8. The van der Waals surface area contributed by atoms with Crippen LogP contribution in [-0.4, -0.2) is 55.7 Å². The van der Waals surface area contributed by atoms with Crippen LogP contribution >= 0.6 is 0 Å².